The van der Waals surface area contributed by atoms with Gasteiger partial charge >= 0.3 is 0 Å². The molecule has 108 valence electrons. The molecule has 2 rings (SSSR count). The van der Waals surface area contributed by atoms with Crippen molar-refractivity contribution in [2.75, 3.05) is 11.3 Å². The van der Waals surface area contributed by atoms with Crippen molar-refractivity contribution in [1.82, 2.24) is 9.78 Å². The van der Waals surface area contributed by atoms with Gasteiger partial charge < -0.3 is 5.73 Å². The minimum Gasteiger partial charge on any atom is -0.330 e. The molecule has 0 fully saturated rings. The average Bonchev–Trinajstić information content (AvgIpc) is 2.88. The van der Waals surface area contributed by atoms with Crippen LogP contribution < -0.4 is 10.5 Å². The maximum atomic E-state index is 12.2. The van der Waals surface area contributed by atoms with Crippen molar-refractivity contribution in [1.29, 1.82) is 0 Å². The summed E-state index contributed by atoms with van der Waals surface area (Å²) in [6.45, 7) is 1.12. The molecule has 20 heavy (non-hydrogen) atoms. The van der Waals surface area contributed by atoms with Crippen molar-refractivity contribution < 1.29 is 8.42 Å². The quantitative estimate of drug-likeness (QED) is 0.849. The summed E-state index contributed by atoms with van der Waals surface area (Å²) in [5.41, 5.74) is 5.85. The van der Waals surface area contributed by atoms with E-state index >= 15 is 0 Å². The van der Waals surface area contributed by atoms with E-state index in [0.717, 1.165) is 6.42 Å². The van der Waals surface area contributed by atoms with E-state index in [-0.39, 0.29) is 4.90 Å². The topological polar surface area (TPSA) is 90.0 Å². The number of benzene rings is 1. The first-order chi connectivity index (χ1) is 9.51. The number of sulfonamides is 1. The Hall–Kier alpha value is -1.57. The summed E-state index contributed by atoms with van der Waals surface area (Å²) in [7, 11) is -3.64. The van der Waals surface area contributed by atoms with Crippen LogP contribution in [0.3, 0.4) is 0 Å². The lowest BCUT2D eigenvalue weighted by Crippen LogP contribution is -2.12. The first kappa shape index (κ1) is 14.8. The molecule has 0 aliphatic carbocycles. The summed E-state index contributed by atoms with van der Waals surface area (Å²) in [6, 6.07) is 6.42. The summed E-state index contributed by atoms with van der Waals surface area (Å²) < 4.78 is 28.3. The number of aryl methyl sites for hydroxylation is 1. The molecule has 0 spiro atoms. The van der Waals surface area contributed by atoms with Crippen LogP contribution in [0.5, 0.6) is 0 Å². The zero-order valence-electron chi connectivity index (χ0n) is 10.7. The zero-order chi connectivity index (χ0) is 14.6. The number of rotatable bonds is 6. The van der Waals surface area contributed by atoms with Crippen LogP contribution in [0, 0.1) is 0 Å². The predicted octanol–water partition coefficient (Wildman–Crippen LogP) is 1.69. The maximum absolute atomic E-state index is 12.2. The standard InChI is InChI=1S/C12H15ClN4O2S/c13-10-2-4-11(5-3-10)16-20(18,19)12-8-15-17(9-12)7-1-6-14/h2-5,8-9,16H,1,6-7,14H2. The van der Waals surface area contributed by atoms with Gasteiger partial charge in [-0.1, -0.05) is 11.6 Å². The molecule has 6 nitrogen and oxygen atoms in total. The second kappa shape index (κ2) is 6.25. The lowest BCUT2D eigenvalue weighted by atomic mass is 10.3. The van der Waals surface area contributed by atoms with Crippen LogP contribution in [0.4, 0.5) is 5.69 Å². The molecule has 3 N–H and O–H groups in total. The van der Waals surface area contributed by atoms with Crippen LogP contribution >= 0.6 is 11.6 Å². The Bertz CT molecular complexity index is 667. The zero-order valence-corrected chi connectivity index (χ0v) is 12.2. The summed E-state index contributed by atoms with van der Waals surface area (Å²) in [5, 5.41) is 4.54. The third kappa shape index (κ3) is 3.72. The Morgan fingerprint density at radius 1 is 1.30 bits per heavy atom. The van der Waals surface area contributed by atoms with E-state index in [2.05, 4.69) is 9.82 Å². The van der Waals surface area contributed by atoms with E-state index in [9.17, 15) is 8.42 Å². The summed E-state index contributed by atoms with van der Waals surface area (Å²) in [4.78, 5) is 0.115. The Kier molecular flexibility index (Phi) is 4.64. The number of nitrogens with zero attached hydrogens (tertiary/aromatic N) is 2. The van der Waals surface area contributed by atoms with Gasteiger partial charge in [0.15, 0.2) is 0 Å². The number of halogens is 1. The predicted molar refractivity (Wildman–Crippen MR) is 78.2 cm³/mol. The SMILES string of the molecule is NCCCn1cc(S(=O)(=O)Nc2ccc(Cl)cc2)cn1. The molecular weight excluding hydrogens is 300 g/mol. The summed E-state index contributed by atoms with van der Waals surface area (Å²) >= 11 is 5.75. The molecule has 0 aliphatic rings. The Morgan fingerprint density at radius 2 is 2.00 bits per heavy atom. The smallest absolute Gasteiger partial charge is 0.265 e. The highest BCUT2D eigenvalue weighted by Gasteiger charge is 2.16. The van der Waals surface area contributed by atoms with Gasteiger partial charge in [-0.15, -0.1) is 0 Å². The van der Waals surface area contributed by atoms with Crippen LogP contribution in [0.25, 0.3) is 0 Å². The highest BCUT2D eigenvalue weighted by Crippen LogP contribution is 2.18. The van der Waals surface area contributed by atoms with Crippen molar-refractivity contribution in [3.8, 4) is 0 Å². The molecule has 1 aromatic carbocycles. The normalized spacial score (nSPS) is 11.5. The Labute approximate surface area is 122 Å². The van der Waals surface area contributed by atoms with Gasteiger partial charge in [0.2, 0.25) is 0 Å². The Balaban J connectivity index is 2.13. The van der Waals surface area contributed by atoms with Gasteiger partial charge in [-0.2, -0.15) is 5.10 Å². The molecule has 0 aliphatic heterocycles. The van der Waals surface area contributed by atoms with Crippen molar-refractivity contribution in [3.63, 3.8) is 0 Å². The molecule has 0 atom stereocenters. The molecule has 8 heteroatoms. The monoisotopic (exact) mass is 314 g/mol. The van der Waals surface area contributed by atoms with Gasteiger partial charge in [0, 0.05) is 23.5 Å². The number of anilines is 1. The van der Waals surface area contributed by atoms with E-state index in [1.165, 1.54) is 12.4 Å². The Morgan fingerprint density at radius 3 is 2.65 bits per heavy atom. The highest BCUT2D eigenvalue weighted by molar-refractivity contribution is 7.92. The maximum Gasteiger partial charge on any atom is 0.265 e. The number of hydrogen-bond donors (Lipinski definition) is 2. The first-order valence-corrected chi connectivity index (χ1v) is 7.88. The molecule has 0 unspecified atom stereocenters. The minimum atomic E-state index is -3.64. The van der Waals surface area contributed by atoms with Gasteiger partial charge in [0.05, 0.1) is 6.20 Å². The largest absolute Gasteiger partial charge is 0.330 e. The van der Waals surface area contributed by atoms with Crippen molar-refractivity contribution >= 4 is 27.3 Å². The molecule has 0 amide bonds. The second-order valence-electron chi connectivity index (χ2n) is 4.19. The van der Waals surface area contributed by atoms with Gasteiger partial charge in [-0.25, -0.2) is 8.42 Å². The van der Waals surface area contributed by atoms with Crippen LogP contribution in [0.2, 0.25) is 5.02 Å². The minimum absolute atomic E-state index is 0.115. The second-order valence-corrected chi connectivity index (χ2v) is 6.31. The summed E-state index contributed by atoms with van der Waals surface area (Å²) in [6.07, 6.45) is 3.54. The lowest BCUT2D eigenvalue weighted by molar-refractivity contribution is 0.582. The third-order valence-electron chi connectivity index (χ3n) is 2.61. The molecule has 0 saturated carbocycles. The van der Waals surface area contributed by atoms with Gasteiger partial charge in [-0.3, -0.25) is 9.40 Å². The first-order valence-electron chi connectivity index (χ1n) is 6.02. The van der Waals surface area contributed by atoms with E-state index in [1.807, 2.05) is 0 Å². The molecule has 1 aromatic heterocycles. The molecule has 0 bridgehead atoms. The van der Waals surface area contributed by atoms with Gasteiger partial charge in [0.25, 0.3) is 10.0 Å². The number of nitrogens with one attached hydrogen (secondary N) is 1. The molecule has 0 radical (unpaired) electrons. The van der Waals surface area contributed by atoms with E-state index in [1.54, 1.807) is 28.9 Å². The van der Waals surface area contributed by atoms with Crippen molar-refractivity contribution in [2.24, 2.45) is 5.73 Å². The van der Waals surface area contributed by atoms with E-state index < -0.39 is 10.0 Å². The molecule has 2 aromatic rings. The average molecular weight is 315 g/mol. The molecule has 1 heterocycles. The fourth-order valence-electron chi connectivity index (χ4n) is 1.59. The van der Waals surface area contributed by atoms with Crippen LogP contribution in [0.15, 0.2) is 41.6 Å². The lowest BCUT2D eigenvalue weighted by Gasteiger charge is -2.05. The van der Waals surface area contributed by atoms with Crippen LogP contribution in [-0.2, 0) is 16.6 Å². The number of hydrogen-bond acceptors (Lipinski definition) is 4. The number of aromatic nitrogens is 2. The van der Waals surface area contributed by atoms with Gasteiger partial charge in [-0.05, 0) is 37.2 Å². The number of nitrogens with two attached hydrogens (primary N) is 1. The van der Waals surface area contributed by atoms with E-state index in [4.69, 9.17) is 17.3 Å². The van der Waals surface area contributed by atoms with Crippen molar-refractivity contribution in [2.45, 2.75) is 17.9 Å². The van der Waals surface area contributed by atoms with Crippen LogP contribution in [0.1, 0.15) is 6.42 Å². The molecular formula is C12H15ClN4O2S. The fraction of sp³-hybridized carbons (Fsp3) is 0.250. The highest BCUT2D eigenvalue weighted by atomic mass is 35.5. The van der Waals surface area contributed by atoms with Gasteiger partial charge in [0.1, 0.15) is 4.90 Å². The third-order valence-corrected chi connectivity index (χ3v) is 4.20. The summed E-state index contributed by atoms with van der Waals surface area (Å²) in [5.74, 6) is 0. The fourth-order valence-corrected chi connectivity index (χ4v) is 2.73. The van der Waals surface area contributed by atoms with Crippen molar-refractivity contribution in [3.05, 3.63) is 41.7 Å². The molecule has 0 saturated heterocycles. The van der Waals surface area contributed by atoms with E-state index in [0.29, 0.717) is 23.8 Å². The van der Waals surface area contributed by atoms with Crippen LogP contribution in [-0.4, -0.2) is 24.7 Å².